The first-order valence-corrected chi connectivity index (χ1v) is 4.85. The molecule has 0 saturated carbocycles. The van der Waals surface area contributed by atoms with Gasteiger partial charge in [-0.25, -0.2) is 14.7 Å². The molecule has 0 bridgehead atoms. The summed E-state index contributed by atoms with van der Waals surface area (Å²) in [5.41, 5.74) is 18.7. The van der Waals surface area contributed by atoms with Crippen LogP contribution in [0.2, 0.25) is 0 Å². The molecular formula is C7H9N9O3. The Labute approximate surface area is 104 Å². The number of nitrogens with two attached hydrogens (primary N) is 3. The van der Waals surface area contributed by atoms with Gasteiger partial charge in [-0.3, -0.25) is 4.79 Å². The lowest BCUT2D eigenvalue weighted by Crippen LogP contribution is -2.26. The van der Waals surface area contributed by atoms with Crippen molar-refractivity contribution in [3.05, 3.63) is 11.4 Å². The highest BCUT2D eigenvalue weighted by Gasteiger charge is 2.13. The van der Waals surface area contributed by atoms with E-state index in [0.29, 0.717) is 0 Å². The molecule has 0 saturated heterocycles. The zero-order valence-electron chi connectivity index (χ0n) is 9.40. The molecule has 7 N–H and O–H groups in total. The Kier molecular flexibility index (Phi) is 3.22. The van der Waals surface area contributed by atoms with Gasteiger partial charge in [-0.05, 0) is 15.5 Å². The highest BCUT2D eigenvalue weighted by atomic mass is 16.6. The number of aromatic nitrogens is 4. The van der Waals surface area contributed by atoms with E-state index in [9.17, 15) is 4.79 Å². The highest BCUT2D eigenvalue weighted by Crippen LogP contribution is 2.05. The number of amides is 1. The van der Waals surface area contributed by atoms with E-state index in [1.165, 1.54) is 0 Å². The van der Waals surface area contributed by atoms with Crippen molar-refractivity contribution >= 4 is 23.4 Å². The zero-order valence-corrected chi connectivity index (χ0v) is 9.40. The Morgan fingerprint density at radius 2 is 1.84 bits per heavy atom. The standard InChI is InChI=1S/C7H9N9O3/c8-5-2(13-18-15-5)1-3(17)11-12-6(9)4-7(10)16-19-14-4/h1H2,(H2,8,15)(H2,9,12)(H2,10,16)(H,11,17). The molecule has 0 radical (unpaired) electrons. The van der Waals surface area contributed by atoms with Gasteiger partial charge in [0.2, 0.25) is 5.91 Å². The Bertz CT molecular complexity index is 615. The van der Waals surface area contributed by atoms with Gasteiger partial charge in [-0.1, -0.05) is 5.16 Å². The first kappa shape index (κ1) is 12.3. The molecule has 0 fully saturated rings. The third-order valence-corrected chi connectivity index (χ3v) is 1.97. The summed E-state index contributed by atoms with van der Waals surface area (Å²) in [5.74, 6) is -0.698. The van der Waals surface area contributed by atoms with E-state index in [4.69, 9.17) is 17.2 Å². The first-order chi connectivity index (χ1) is 9.08. The smallest absolute Gasteiger partial charge is 0.246 e. The van der Waals surface area contributed by atoms with Gasteiger partial charge in [0.05, 0.1) is 6.42 Å². The second-order valence-corrected chi connectivity index (χ2v) is 3.30. The van der Waals surface area contributed by atoms with Gasteiger partial charge in [0.15, 0.2) is 23.2 Å². The third kappa shape index (κ3) is 2.74. The van der Waals surface area contributed by atoms with E-state index in [1.54, 1.807) is 0 Å². The lowest BCUT2D eigenvalue weighted by atomic mass is 10.3. The highest BCUT2D eigenvalue weighted by molar-refractivity contribution is 5.99. The summed E-state index contributed by atoms with van der Waals surface area (Å²) in [7, 11) is 0. The number of carbonyl (C=O) groups is 1. The number of nitrogen functional groups attached to an aromatic ring is 2. The maximum absolute atomic E-state index is 11.5. The van der Waals surface area contributed by atoms with Gasteiger partial charge in [0.25, 0.3) is 0 Å². The molecular weight excluding hydrogens is 258 g/mol. The van der Waals surface area contributed by atoms with Crippen LogP contribution >= 0.6 is 0 Å². The normalized spacial score (nSPS) is 11.5. The van der Waals surface area contributed by atoms with Crippen LogP contribution in [-0.4, -0.2) is 32.4 Å². The van der Waals surface area contributed by atoms with Crippen LogP contribution in [-0.2, 0) is 11.2 Å². The van der Waals surface area contributed by atoms with Crippen LogP contribution in [0, 0.1) is 0 Å². The monoisotopic (exact) mass is 267 g/mol. The van der Waals surface area contributed by atoms with Crippen LogP contribution in [0.5, 0.6) is 0 Å². The molecule has 2 heterocycles. The zero-order chi connectivity index (χ0) is 13.8. The molecule has 2 aromatic heterocycles. The second-order valence-electron chi connectivity index (χ2n) is 3.30. The number of nitrogens with zero attached hydrogens (tertiary/aromatic N) is 5. The molecule has 0 unspecified atom stereocenters. The quantitative estimate of drug-likeness (QED) is 0.263. The van der Waals surface area contributed by atoms with E-state index in [2.05, 4.69) is 40.4 Å². The van der Waals surface area contributed by atoms with Crippen molar-refractivity contribution in [1.29, 1.82) is 0 Å². The Hall–Kier alpha value is -3.18. The minimum atomic E-state index is -0.527. The van der Waals surface area contributed by atoms with Gasteiger partial charge >= 0.3 is 0 Å². The molecule has 0 aliphatic heterocycles. The van der Waals surface area contributed by atoms with Gasteiger partial charge in [0.1, 0.15) is 5.69 Å². The van der Waals surface area contributed by atoms with Crippen LogP contribution in [0.3, 0.4) is 0 Å². The lowest BCUT2D eigenvalue weighted by molar-refractivity contribution is -0.120. The van der Waals surface area contributed by atoms with Crippen molar-refractivity contribution in [1.82, 2.24) is 26.1 Å². The summed E-state index contributed by atoms with van der Waals surface area (Å²) >= 11 is 0. The molecule has 1 amide bonds. The molecule has 12 heteroatoms. The van der Waals surface area contributed by atoms with Crippen LogP contribution < -0.4 is 22.6 Å². The molecule has 2 aromatic rings. The van der Waals surface area contributed by atoms with E-state index >= 15 is 0 Å². The topological polar surface area (TPSA) is 197 Å². The van der Waals surface area contributed by atoms with Crippen molar-refractivity contribution in [3.8, 4) is 0 Å². The van der Waals surface area contributed by atoms with Crippen LogP contribution in [0.4, 0.5) is 11.6 Å². The van der Waals surface area contributed by atoms with E-state index in [0.717, 1.165) is 0 Å². The Morgan fingerprint density at radius 1 is 1.16 bits per heavy atom. The van der Waals surface area contributed by atoms with Crippen LogP contribution in [0.1, 0.15) is 11.4 Å². The summed E-state index contributed by atoms with van der Waals surface area (Å²) < 4.78 is 8.66. The third-order valence-electron chi connectivity index (χ3n) is 1.97. The van der Waals surface area contributed by atoms with E-state index < -0.39 is 5.91 Å². The molecule has 19 heavy (non-hydrogen) atoms. The molecule has 12 nitrogen and oxygen atoms in total. The first-order valence-electron chi connectivity index (χ1n) is 4.85. The lowest BCUT2D eigenvalue weighted by Gasteiger charge is -1.98. The number of hydrogen-bond donors (Lipinski definition) is 4. The minimum Gasteiger partial charge on any atom is -0.380 e. The average Bonchev–Trinajstić information content (AvgIpc) is 2.96. The SMILES string of the molecule is N/C(=N\NC(=O)Cc1nonc1N)c1nonc1N. The molecule has 0 atom stereocenters. The fourth-order valence-electron chi connectivity index (χ4n) is 1.08. The van der Waals surface area contributed by atoms with Gasteiger partial charge in [0, 0.05) is 0 Å². The number of anilines is 2. The molecule has 0 aliphatic carbocycles. The molecule has 2 rings (SSSR count). The molecule has 0 spiro atoms. The van der Waals surface area contributed by atoms with Crippen molar-refractivity contribution in [2.75, 3.05) is 11.5 Å². The number of hydrogen-bond acceptors (Lipinski definition) is 10. The van der Waals surface area contributed by atoms with E-state index in [1.807, 2.05) is 0 Å². The van der Waals surface area contributed by atoms with Gasteiger partial charge in [-0.2, -0.15) is 5.10 Å². The maximum Gasteiger partial charge on any atom is 0.246 e. The van der Waals surface area contributed by atoms with Gasteiger partial charge in [-0.15, -0.1) is 0 Å². The van der Waals surface area contributed by atoms with Crippen molar-refractivity contribution in [2.24, 2.45) is 10.8 Å². The van der Waals surface area contributed by atoms with Crippen molar-refractivity contribution in [3.63, 3.8) is 0 Å². The van der Waals surface area contributed by atoms with Gasteiger partial charge < -0.3 is 17.2 Å². The summed E-state index contributed by atoms with van der Waals surface area (Å²) in [6.45, 7) is 0. The predicted octanol–water partition coefficient (Wildman–Crippen LogP) is -2.40. The van der Waals surface area contributed by atoms with Crippen LogP contribution in [0.15, 0.2) is 14.4 Å². The fraction of sp³-hybridized carbons (Fsp3) is 0.143. The maximum atomic E-state index is 11.5. The Morgan fingerprint density at radius 3 is 2.42 bits per heavy atom. The number of amidine groups is 1. The Balaban J connectivity index is 1.97. The fourth-order valence-corrected chi connectivity index (χ4v) is 1.08. The number of carbonyl (C=O) groups excluding carboxylic acids is 1. The number of rotatable bonds is 4. The summed E-state index contributed by atoms with van der Waals surface area (Å²) in [6, 6.07) is 0. The largest absolute Gasteiger partial charge is 0.380 e. The summed E-state index contributed by atoms with van der Waals surface area (Å²) in [4.78, 5) is 11.5. The molecule has 0 aromatic carbocycles. The second kappa shape index (κ2) is 4.99. The molecule has 0 aliphatic rings. The van der Waals surface area contributed by atoms with E-state index in [-0.39, 0.29) is 35.3 Å². The number of nitrogens with one attached hydrogen (secondary N) is 1. The predicted molar refractivity (Wildman–Crippen MR) is 60.0 cm³/mol. The number of hydrazone groups is 1. The minimum absolute atomic E-state index is 0.0250. The summed E-state index contributed by atoms with van der Waals surface area (Å²) in [5, 5.41) is 17.0. The van der Waals surface area contributed by atoms with Crippen molar-refractivity contribution < 1.29 is 14.1 Å². The van der Waals surface area contributed by atoms with Crippen LogP contribution in [0.25, 0.3) is 0 Å². The van der Waals surface area contributed by atoms with Crippen molar-refractivity contribution in [2.45, 2.75) is 6.42 Å². The molecule has 100 valence electrons. The summed E-state index contributed by atoms with van der Waals surface area (Å²) in [6.07, 6.45) is -0.168. The average molecular weight is 267 g/mol.